The van der Waals surface area contributed by atoms with E-state index in [1.165, 1.54) is 24.9 Å². The number of thioether (sulfide) groups is 1. The van der Waals surface area contributed by atoms with Crippen LogP contribution in [0.2, 0.25) is 0 Å². The van der Waals surface area contributed by atoms with Gasteiger partial charge < -0.3 is 20.5 Å². The minimum Gasteiger partial charge on any atom is -0.479 e. The van der Waals surface area contributed by atoms with Crippen molar-refractivity contribution < 1.29 is 23.0 Å². The SMILES string of the molecule is COC[C@]12C[C@H]1[C@@](C)(c1cc(NC(=O)c3nc(C4CC4)c(C)nc3OC)cc(F)c1F)N=C(N)S2. The number of carbonyl (C=O) groups excluding carboxylic acids is 1. The van der Waals surface area contributed by atoms with E-state index in [-0.39, 0.29) is 39.4 Å². The third-order valence-electron chi connectivity index (χ3n) is 7.02. The predicted molar refractivity (Wildman–Crippen MR) is 129 cm³/mol. The highest BCUT2D eigenvalue weighted by Gasteiger charge is 2.66. The lowest BCUT2D eigenvalue weighted by molar-refractivity contribution is 0.101. The van der Waals surface area contributed by atoms with Gasteiger partial charge in [-0.3, -0.25) is 9.79 Å². The summed E-state index contributed by atoms with van der Waals surface area (Å²) in [5.74, 6) is -2.49. The number of fused-ring (bicyclic) bond motifs is 1. The monoisotopic (exact) mass is 503 g/mol. The molecule has 2 heterocycles. The van der Waals surface area contributed by atoms with Gasteiger partial charge in [0.1, 0.15) is 0 Å². The molecule has 8 nitrogen and oxygen atoms in total. The fourth-order valence-corrected chi connectivity index (χ4v) is 6.55. The molecule has 0 bridgehead atoms. The molecule has 5 rings (SSSR count). The molecule has 1 aromatic heterocycles. The van der Waals surface area contributed by atoms with Crippen molar-refractivity contribution in [3.05, 3.63) is 46.4 Å². The Hall–Kier alpha value is -2.79. The standard InChI is InChI=1S/C24H27F2N5O3S/c1-11-18(12-5-6-12)30-19(21(28-11)34-4)20(32)29-13-7-14(17(26)15(25)8-13)23(2)16-9-24(16,10-33-3)35-22(27)31-23/h7-8,12,16H,5-6,9-10H2,1-4H3,(H2,27,31)(H,29,32)/t16-,23+,24+/m0/s1. The van der Waals surface area contributed by atoms with E-state index in [0.717, 1.165) is 24.6 Å². The van der Waals surface area contributed by atoms with E-state index in [1.54, 1.807) is 14.0 Å². The van der Waals surface area contributed by atoms with Crippen molar-refractivity contribution in [3.8, 4) is 5.88 Å². The molecule has 2 saturated carbocycles. The molecule has 2 aliphatic carbocycles. The summed E-state index contributed by atoms with van der Waals surface area (Å²) in [5, 5.41) is 2.93. The number of amidine groups is 1. The summed E-state index contributed by atoms with van der Waals surface area (Å²) in [6, 6.07) is 2.35. The van der Waals surface area contributed by atoms with Gasteiger partial charge in [0.25, 0.3) is 5.91 Å². The van der Waals surface area contributed by atoms with Crippen molar-refractivity contribution in [1.82, 2.24) is 9.97 Å². The van der Waals surface area contributed by atoms with Crippen LogP contribution >= 0.6 is 11.8 Å². The maximum Gasteiger partial charge on any atom is 0.279 e. The third kappa shape index (κ3) is 4.04. The number of anilines is 1. The van der Waals surface area contributed by atoms with Crippen LogP contribution in [0, 0.1) is 24.5 Å². The second kappa shape index (κ2) is 8.41. The first-order chi connectivity index (χ1) is 16.6. The van der Waals surface area contributed by atoms with E-state index in [1.807, 2.05) is 6.92 Å². The highest BCUT2D eigenvalue weighted by Crippen LogP contribution is 2.66. The molecule has 1 amide bonds. The highest BCUT2D eigenvalue weighted by atomic mass is 32.2. The number of benzene rings is 1. The van der Waals surface area contributed by atoms with Crippen LogP contribution in [-0.4, -0.2) is 46.6 Å². The molecular weight excluding hydrogens is 476 g/mol. The van der Waals surface area contributed by atoms with Crippen LogP contribution in [-0.2, 0) is 10.3 Å². The van der Waals surface area contributed by atoms with Crippen molar-refractivity contribution in [3.63, 3.8) is 0 Å². The summed E-state index contributed by atoms with van der Waals surface area (Å²) in [6.45, 7) is 3.98. The summed E-state index contributed by atoms with van der Waals surface area (Å²) in [5.41, 5.74) is 6.54. The lowest BCUT2D eigenvalue weighted by atomic mass is 9.85. The van der Waals surface area contributed by atoms with Gasteiger partial charge >= 0.3 is 0 Å². The minimum atomic E-state index is -1.11. The van der Waals surface area contributed by atoms with E-state index in [0.29, 0.717) is 23.9 Å². The number of ether oxygens (including phenoxy) is 2. The summed E-state index contributed by atoms with van der Waals surface area (Å²) in [7, 11) is 3.00. The molecule has 11 heteroatoms. The molecule has 35 heavy (non-hydrogen) atoms. The predicted octanol–water partition coefficient (Wildman–Crippen LogP) is 3.88. The number of amides is 1. The van der Waals surface area contributed by atoms with Crippen LogP contribution in [0.5, 0.6) is 5.88 Å². The Morgan fingerprint density at radius 2 is 2.03 bits per heavy atom. The van der Waals surface area contributed by atoms with Gasteiger partial charge in [-0.1, -0.05) is 11.8 Å². The van der Waals surface area contributed by atoms with Gasteiger partial charge in [-0.2, -0.15) is 0 Å². The molecule has 0 saturated heterocycles. The van der Waals surface area contributed by atoms with Crippen LogP contribution in [0.3, 0.4) is 0 Å². The molecule has 0 spiro atoms. The van der Waals surface area contributed by atoms with Crippen molar-refractivity contribution in [2.45, 2.75) is 49.3 Å². The number of rotatable bonds is 7. The Morgan fingerprint density at radius 1 is 1.29 bits per heavy atom. The van der Waals surface area contributed by atoms with E-state index in [9.17, 15) is 9.18 Å². The van der Waals surface area contributed by atoms with Crippen molar-refractivity contribution >= 4 is 28.5 Å². The Kier molecular flexibility index (Phi) is 5.75. The Labute approximate surface area is 206 Å². The summed E-state index contributed by atoms with van der Waals surface area (Å²) in [6.07, 6.45) is 2.67. The van der Waals surface area contributed by atoms with Gasteiger partial charge in [0.15, 0.2) is 22.5 Å². The van der Waals surface area contributed by atoms with Crippen LogP contribution in [0.15, 0.2) is 17.1 Å². The van der Waals surface area contributed by atoms with Gasteiger partial charge in [-0.25, -0.2) is 18.7 Å². The number of aryl methyl sites for hydroxylation is 1. The molecular formula is C24H27F2N5O3S. The second-order valence-electron chi connectivity index (χ2n) is 9.55. The third-order valence-corrected chi connectivity index (χ3v) is 8.30. The number of hydrogen-bond donors (Lipinski definition) is 2. The van der Waals surface area contributed by atoms with Crippen molar-refractivity contribution in [1.29, 1.82) is 0 Å². The Bertz CT molecular complexity index is 1250. The highest BCUT2D eigenvalue weighted by molar-refractivity contribution is 8.15. The van der Waals surface area contributed by atoms with Gasteiger partial charge in [0, 0.05) is 36.3 Å². The zero-order valence-corrected chi connectivity index (χ0v) is 20.8. The molecule has 1 aromatic carbocycles. The van der Waals surface area contributed by atoms with Crippen LogP contribution < -0.4 is 15.8 Å². The van der Waals surface area contributed by atoms with E-state index >= 15 is 4.39 Å². The van der Waals surface area contributed by atoms with Crippen LogP contribution in [0.25, 0.3) is 0 Å². The zero-order chi connectivity index (χ0) is 25.1. The van der Waals surface area contributed by atoms with E-state index in [2.05, 4.69) is 20.3 Å². The molecule has 3 atom stereocenters. The number of nitrogens with one attached hydrogen (secondary N) is 1. The lowest BCUT2D eigenvalue weighted by Gasteiger charge is -2.34. The van der Waals surface area contributed by atoms with Crippen LogP contribution in [0.1, 0.15) is 59.5 Å². The summed E-state index contributed by atoms with van der Waals surface area (Å²) >= 11 is 1.41. The first kappa shape index (κ1) is 23.9. The number of nitrogens with two attached hydrogens (primary N) is 1. The first-order valence-electron chi connectivity index (χ1n) is 11.4. The van der Waals surface area contributed by atoms with Crippen LogP contribution in [0.4, 0.5) is 14.5 Å². The first-order valence-corrected chi connectivity index (χ1v) is 12.2. The van der Waals surface area contributed by atoms with Gasteiger partial charge in [-0.05, 0) is 39.2 Å². The van der Waals surface area contributed by atoms with E-state index < -0.39 is 23.1 Å². The van der Waals surface area contributed by atoms with Crippen molar-refractivity contribution in [2.24, 2.45) is 16.6 Å². The van der Waals surface area contributed by atoms with Gasteiger partial charge in [0.05, 0.1) is 35.4 Å². The Balaban J connectivity index is 1.50. The second-order valence-corrected chi connectivity index (χ2v) is 11.0. The quantitative estimate of drug-likeness (QED) is 0.590. The molecule has 2 aromatic rings. The fraction of sp³-hybridized carbons (Fsp3) is 0.500. The topological polar surface area (TPSA) is 112 Å². The number of carbonyl (C=O) groups is 1. The average Bonchev–Trinajstić information content (AvgIpc) is 3.71. The smallest absolute Gasteiger partial charge is 0.279 e. The minimum absolute atomic E-state index is 0.00451. The average molecular weight is 504 g/mol. The lowest BCUT2D eigenvalue weighted by Crippen LogP contribution is -2.38. The Morgan fingerprint density at radius 3 is 2.69 bits per heavy atom. The number of halogens is 2. The number of aliphatic imine (C=N–C) groups is 1. The maximum atomic E-state index is 15.1. The molecule has 186 valence electrons. The maximum absolute atomic E-state index is 15.1. The molecule has 1 aliphatic heterocycles. The molecule has 3 N–H and O–H groups in total. The molecule has 2 fully saturated rings. The zero-order valence-electron chi connectivity index (χ0n) is 19.9. The fourth-order valence-electron chi connectivity index (χ4n) is 5.09. The van der Waals surface area contributed by atoms with Crippen molar-refractivity contribution in [2.75, 3.05) is 26.1 Å². The normalized spacial score (nSPS) is 27.1. The summed E-state index contributed by atoms with van der Waals surface area (Å²) in [4.78, 5) is 26.6. The largest absolute Gasteiger partial charge is 0.479 e. The number of aromatic nitrogens is 2. The van der Waals surface area contributed by atoms with E-state index in [4.69, 9.17) is 15.2 Å². The van der Waals surface area contributed by atoms with Gasteiger partial charge in [0.2, 0.25) is 5.88 Å². The number of nitrogens with zero attached hydrogens (tertiary/aromatic N) is 3. The molecule has 0 unspecified atom stereocenters. The number of hydrogen-bond acceptors (Lipinski definition) is 8. The van der Waals surface area contributed by atoms with Gasteiger partial charge in [-0.15, -0.1) is 0 Å². The number of methoxy groups -OCH3 is 2. The molecule has 3 aliphatic rings. The molecule has 0 radical (unpaired) electrons. The summed E-state index contributed by atoms with van der Waals surface area (Å²) < 4.78 is 40.2.